The van der Waals surface area contributed by atoms with Crippen LogP contribution >= 0.6 is 15.9 Å². The Kier molecular flexibility index (Phi) is 2.96. The van der Waals surface area contributed by atoms with Gasteiger partial charge in [0.15, 0.2) is 5.78 Å². The number of fused-ring (bicyclic) bond motifs is 1. The number of ketones is 1. The van der Waals surface area contributed by atoms with Crippen LogP contribution in [0.2, 0.25) is 0 Å². The lowest BCUT2D eigenvalue weighted by Crippen LogP contribution is -2.21. The standard InChI is InChI=1S/C11H9BrO4/c1-15-11(14)7-2-3-9-8(10(7)12)4-6(13)5-16-9/h2-3H,4-5H2,1H3. The molecule has 0 bridgehead atoms. The first-order chi connectivity index (χ1) is 7.63. The van der Waals surface area contributed by atoms with Gasteiger partial charge >= 0.3 is 5.97 Å². The highest BCUT2D eigenvalue weighted by molar-refractivity contribution is 9.10. The van der Waals surface area contributed by atoms with Crippen molar-refractivity contribution < 1.29 is 19.1 Å². The zero-order chi connectivity index (χ0) is 11.7. The topological polar surface area (TPSA) is 52.6 Å². The van der Waals surface area contributed by atoms with Gasteiger partial charge in [-0.1, -0.05) is 0 Å². The maximum atomic E-state index is 11.4. The molecule has 0 saturated heterocycles. The molecule has 1 aromatic carbocycles. The molecule has 4 nitrogen and oxygen atoms in total. The van der Waals surface area contributed by atoms with Gasteiger partial charge in [-0.3, -0.25) is 4.79 Å². The summed E-state index contributed by atoms with van der Waals surface area (Å²) in [5.41, 5.74) is 1.11. The van der Waals surface area contributed by atoms with E-state index in [4.69, 9.17) is 4.74 Å². The van der Waals surface area contributed by atoms with Crippen LogP contribution in [0.15, 0.2) is 16.6 Å². The minimum Gasteiger partial charge on any atom is -0.485 e. The second-order valence-electron chi connectivity index (χ2n) is 3.40. The second-order valence-corrected chi connectivity index (χ2v) is 4.19. The predicted molar refractivity (Wildman–Crippen MR) is 59.7 cm³/mol. The van der Waals surface area contributed by atoms with Gasteiger partial charge < -0.3 is 9.47 Å². The van der Waals surface area contributed by atoms with Gasteiger partial charge in [0.1, 0.15) is 12.4 Å². The molecule has 0 amide bonds. The van der Waals surface area contributed by atoms with Crippen molar-refractivity contribution in [3.63, 3.8) is 0 Å². The van der Waals surface area contributed by atoms with Gasteiger partial charge in [-0.2, -0.15) is 0 Å². The molecule has 0 saturated carbocycles. The smallest absolute Gasteiger partial charge is 0.339 e. The molecule has 0 radical (unpaired) electrons. The zero-order valence-corrected chi connectivity index (χ0v) is 10.2. The summed E-state index contributed by atoms with van der Waals surface area (Å²) in [6, 6.07) is 3.29. The molecule has 5 heteroatoms. The van der Waals surface area contributed by atoms with Gasteiger partial charge in [0, 0.05) is 16.5 Å². The summed E-state index contributed by atoms with van der Waals surface area (Å²) < 4.78 is 10.5. The first-order valence-electron chi connectivity index (χ1n) is 4.67. The number of benzene rings is 1. The molecule has 1 heterocycles. The van der Waals surface area contributed by atoms with E-state index < -0.39 is 5.97 Å². The number of halogens is 1. The van der Waals surface area contributed by atoms with Crippen LogP contribution in [0.1, 0.15) is 15.9 Å². The molecule has 2 rings (SSSR count). The van der Waals surface area contributed by atoms with Crippen LogP contribution in [0.25, 0.3) is 0 Å². The molecule has 16 heavy (non-hydrogen) atoms. The maximum Gasteiger partial charge on any atom is 0.339 e. The van der Waals surface area contributed by atoms with Crippen molar-refractivity contribution in [1.29, 1.82) is 0 Å². The fourth-order valence-electron chi connectivity index (χ4n) is 1.58. The molecule has 0 fully saturated rings. The van der Waals surface area contributed by atoms with Crippen molar-refractivity contribution in [2.75, 3.05) is 13.7 Å². The molecule has 0 unspecified atom stereocenters. The number of hydrogen-bond acceptors (Lipinski definition) is 4. The Balaban J connectivity index is 2.50. The Morgan fingerprint density at radius 1 is 1.50 bits per heavy atom. The molecule has 0 N–H and O–H groups in total. The minimum atomic E-state index is -0.437. The fraction of sp³-hybridized carbons (Fsp3) is 0.273. The van der Waals surface area contributed by atoms with Crippen LogP contribution in [0, 0.1) is 0 Å². The van der Waals surface area contributed by atoms with E-state index in [0.717, 1.165) is 0 Å². The maximum absolute atomic E-state index is 11.4. The quantitative estimate of drug-likeness (QED) is 0.737. The van der Waals surface area contributed by atoms with Crippen LogP contribution in [0.4, 0.5) is 0 Å². The van der Waals surface area contributed by atoms with Crippen LogP contribution in [-0.2, 0) is 16.0 Å². The number of carbonyl (C=O) groups is 2. The minimum absolute atomic E-state index is 0.00443. The summed E-state index contributed by atoms with van der Waals surface area (Å²) in [7, 11) is 1.32. The Morgan fingerprint density at radius 2 is 2.25 bits per heavy atom. The third-order valence-electron chi connectivity index (χ3n) is 2.37. The third kappa shape index (κ3) is 1.82. The van der Waals surface area contributed by atoms with Crippen LogP contribution in [0.5, 0.6) is 5.75 Å². The highest BCUT2D eigenvalue weighted by Crippen LogP contribution is 2.33. The molecule has 0 spiro atoms. The van der Waals surface area contributed by atoms with E-state index in [1.54, 1.807) is 12.1 Å². The van der Waals surface area contributed by atoms with Crippen molar-refractivity contribution in [2.24, 2.45) is 0 Å². The molecule has 84 valence electrons. The first kappa shape index (κ1) is 11.1. The van der Waals surface area contributed by atoms with Crippen molar-refractivity contribution >= 4 is 27.7 Å². The number of rotatable bonds is 1. The lowest BCUT2D eigenvalue weighted by Gasteiger charge is -2.18. The number of methoxy groups -OCH3 is 1. The van der Waals surface area contributed by atoms with E-state index in [1.807, 2.05) is 0 Å². The lowest BCUT2D eigenvalue weighted by molar-refractivity contribution is -0.121. The molecule has 0 aliphatic carbocycles. The molecule has 0 aromatic heterocycles. The summed E-state index contributed by atoms with van der Waals surface area (Å²) >= 11 is 3.30. The van der Waals surface area contributed by atoms with Gasteiger partial charge in [0.2, 0.25) is 0 Å². The van der Waals surface area contributed by atoms with Crippen molar-refractivity contribution in [3.8, 4) is 5.75 Å². The van der Waals surface area contributed by atoms with E-state index in [-0.39, 0.29) is 18.8 Å². The summed E-state index contributed by atoms with van der Waals surface area (Å²) in [6.07, 6.45) is 0.279. The third-order valence-corrected chi connectivity index (χ3v) is 3.27. The molecular weight excluding hydrogens is 276 g/mol. The Hall–Kier alpha value is -1.36. The fourth-order valence-corrected chi connectivity index (χ4v) is 2.21. The summed E-state index contributed by atoms with van der Waals surface area (Å²) in [4.78, 5) is 22.7. The molecular formula is C11H9BrO4. The van der Waals surface area contributed by atoms with Crippen LogP contribution in [0.3, 0.4) is 0 Å². The van der Waals surface area contributed by atoms with Gasteiger partial charge in [-0.05, 0) is 28.1 Å². The van der Waals surface area contributed by atoms with Crippen LogP contribution < -0.4 is 4.74 Å². The van der Waals surface area contributed by atoms with Crippen molar-refractivity contribution in [1.82, 2.24) is 0 Å². The Bertz CT molecular complexity index is 467. The summed E-state index contributed by atoms with van der Waals surface area (Å²) in [5, 5.41) is 0. The SMILES string of the molecule is COC(=O)c1ccc2c(c1Br)CC(=O)CO2. The Labute approximate surface area is 101 Å². The number of hydrogen-bond donors (Lipinski definition) is 0. The number of esters is 1. The number of ether oxygens (including phenoxy) is 2. The first-order valence-corrected chi connectivity index (χ1v) is 5.47. The lowest BCUT2D eigenvalue weighted by atomic mass is 10.0. The predicted octanol–water partition coefficient (Wildman–Crippen LogP) is 1.74. The largest absolute Gasteiger partial charge is 0.485 e. The monoisotopic (exact) mass is 284 g/mol. The van der Waals surface area contributed by atoms with Crippen molar-refractivity contribution in [2.45, 2.75) is 6.42 Å². The molecule has 1 aliphatic rings. The van der Waals surface area contributed by atoms with E-state index in [9.17, 15) is 9.59 Å². The van der Waals surface area contributed by atoms with E-state index in [2.05, 4.69) is 20.7 Å². The van der Waals surface area contributed by atoms with Crippen LogP contribution in [-0.4, -0.2) is 25.5 Å². The van der Waals surface area contributed by atoms with E-state index in [0.29, 0.717) is 21.3 Å². The number of carbonyl (C=O) groups excluding carboxylic acids is 2. The number of Topliss-reactive ketones (excluding diaryl/α,β-unsaturated/α-hetero) is 1. The second kappa shape index (κ2) is 4.25. The summed E-state index contributed by atoms with van der Waals surface area (Å²) in [5.74, 6) is 0.196. The average molecular weight is 285 g/mol. The Morgan fingerprint density at radius 3 is 2.94 bits per heavy atom. The average Bonchev–Trinajstić information content (AvgIpc) is 2.29. The van der Waals surface area contributed by atoms with Gasteiger partial charge in [-0.25, -0.2) is 4.79 Å². The molecule has 1 aliphatic heterocycles. The molecule has 0 atom stereocenters. The highest BCUT2D eigenvalue weighted by Gasteiger charge is 2.23. The van der Waals surface area contributed by atoms with Gasteiger partial charge in [-0.15, -0.1) is 0 Å². The van der Waals surface area contributed by atoms with Gasteiger partial charge in [0.25, 0.3) is 0 Å². The highest BCUT2D eigenvalue weighted by atomic mass is 79.9. The normalized spacial score (nSPS) is 14.0. The molecule has 1 aromatic rings. The van der Waals surface area contributed by atoms with E-state index >= 15 is 0 Å². The summed E-state index contributed by atoms with van der Waals surface area (Å²) in [6.45, 7) is 0.0943. The van der Waals surface area contributed by atoms with Crippen molar-refractivity contribution in [3.05, 3.63) is 27.7 Å². The van der Waals surface area contributed by atoms with Gasteiger partial charge in [0.05, 0.1) is 12.7 Å². The zero-order valence-electron chi connectivity index (χ0n) is 8.58. The van der Waals surface area contributed by atoms with E-state index in [1.165, 1.54) is 7.11 Å².